The van der Waals surface area contributed by atoms with Crippen LogP contribution in [0.5, 0.6) is 5.75 Å². The van der Waals surface area contributed by atoms with E-state index in [-0.39, 0.29) is 11.9 Å². The molecule has 1 aliphatic heterocycles. The lowest BCUT2D eigenvalue weighted by Crippen LogP contribution is -2.41. The number of hydrazone groups is 1. The number of hydrogen-bond donors (Lipinski definition) is 3. The van der Waals surface area contributed by atoms with Gasteiger partial charge in [-0.15, -0.1) is 0 Å². The SMILES string of the molecule is C/C(=N\NC(=O)C1CC(c2ccc(OCc3ccc(Cl)cc3)cc2)NN1)c1ccc(Cl)cc1. The van der Waals surface area contributed by atoms with Gasteiger partial charge in [0, 0.05) is 16.1 Å². The number of hydrogen-bond acceptors (Lipinski definition) is 5. The summed E-state index contributed by atoms with van der Waals surface area (Å²) in [6.07, 6.45) is 0.603. The second-order valence-electron chi connectivity index (χ2n) is 7.79. The summed E-state index contributed by atoms with van der Waals surface area (Å²) < 4.78 is 5.84. The standard InChI is InChI=1S/C25H24Cl2N4O2/c1-16(18-4-10-21(27)11-5-18)28-31-25(32)24-14-23(29-30-24)19-6-12-22(13-7-19)33-15-17-2-8-20(26)9-3-17/h2-13,23-24,29-30H,14-15H2,1H3,(H,31,32)/b28-16+. The van der Waals surface area contributed by atoms with Crippen molar-refractivity contribution in [1.82, 2.24) is 16.3 Å². The molecule has 170 valence electrons. The van der Waals surface area contributed by atoms with Gasteiger partial charge in [-0.25, -0.2) is 16.3 Å². The quantitative estimate of drug-likeness (QED) is 0.326. The summed E-state index contributed by atoms with van der Waals surface area (Å²) in [6.45, 7) is 2.31. The number of carbonyl (C=O) groups is 1. The third-order valence-corrected chi connectivity index (χ3v) is 5.92. The highest BCUT2D eigenvalue weighted by Gasteiger charge is 2.30. The highest BCUT2D eigenvalue weighted by molar-refractivity contribution is 6.30. The minimum atomic E-state index is -0.391. The van der Waals surface area contributed by atoms with Crippen LogP contribution in [0.2, 0.25) is 10.0 Å². The Morgan fingerprint density at radius 3 is 2.27 bits per heavy atom. The minimum absolute atomic E-state index is 0.00686. The van der Waals surface area contributed by atoms with Crippen molar-refractivity contribution in [1.29, 1.82) is 0 Å². The maximum absolute atomic E-state index is 12.5. The number of halogens is 2. The number of ether oxygens (including phenoxy) is 1. The van der Waals surface area contributed by atoms with Gasteiger partial charge in [-0.3, -0.25) is 4.79 Å². The van der Waals surface area contributed by atoms with Gasteiger partial charge in [-0.05, 0) is 66.4 Å². The molecule has 2 atom stereocenters. The number of nitrogens with zero attached hydrogens (tertiary/aromatic N) is 1. The van der Waals surface area contributed by atoms with E-state index in [2.05, 4.69) is 21.4 Å². The molecule has 0 aliphatic carbocycles. The molecule has 0 bridgehead atoms. The second kappa shape index (κ2) is 10.8. The van der Waals surface area contributed by atoms with Gasteiger partial charge >= 0.3 is 0 Å². The summed E-state index contributed by atoms with van der Waals surface area (Å²) in [5.74, 6) is 0.585. The Morgan fingerprint density at radius 2 is 1.61 bits per heavy atom. The first-order valence-electron chi connectivity index (χ1n) is 10.6. The van der Waals surface area contributed by atoms with E-state index in [1.165, 1.54) is 0 Å². The van der Waals surface area contributed by atoms with Crippen molar-refractivity contribution in [3.05, 3.63) is 99.5 Å². The largest absolute Gasteiger partial charge is 0.489 e. The number of rotatable bonds is 7. The first-order valence-corrected chi connectivity index (χ1v) is 11.3. The lowest BCUT2D eigenvalue weighted by molar-refractivity contribution is -0.122. The van der Waals surface area contributed by atoms with Crippen LogP contribution in [0, 0.1) is 0 Å². The molecule has 0 saturated carbocycles. The number of carbonyl (C=O) groups excluding carboxylic acids is 1. The highest BCUT2D eigenvalue weighted by Crippen LogP contribution is 2.25. The Kier molecular flexibility index (Phi) is 7.62. The average molecular weight is 483 g/mol. The molecular formula is C25H24Cl2N4O2. The van der Waals surface area contributed by atoms with Crippen LogP contribution in [0.1, 0.15) is 36.1 Å². The molecule has 0 spiro atoms. The number of amides is 1. The van der Waals surface area contributed by atoms with E-state index in [1.54, 1.807) is 12.1 Å². The van der Waals surface area contributed by atoms with Crippen LogP contribution >= 0.6 is 23.2 Å². The fourth-order valence-corrected chi connectivity index (χ4v) is 3.71. The zero-order valence-corrected chi connectivity index (χ0v) is 19.5. The Labute approximate surface area is 202 Å². The molecule has 4 rings (SSSR count). The molecule has 1 aliphatic rings. The first-order chi connectivity index (χ1) is 16.0. The molecular weight excluding hydrogens is 459 g/mol. The van der Waals surface area contributed by atoms with Crippen molar-refractivity contribution < 1.29 is 9.53 Å². The molecule has 3 N–H and O–H groups in total. The van der Waals surface area contributed by atoms with Crippen LogP contribution in [0.4, 0.5) is 0 Å². The van der Waals surface area contributed by atoms with E-state index in [0.717, 1.165) is 22.4 Å². The number of nitrogens with one attached hydrogen (secondary N) is 3. The van der Waals surface area contributed by atoms with Crippen molar-refractivity contribution in [2.24, 2.45) is 5.10 Å². The number of benzene rings is 3. The second-order valence-corrected chi connectivity index (χ2v) is 8.67. The lowest BCUT2D eigenvalue weighted by atomic mass is 10.0. The van der Waals surface area contributed by atoms with E-state index in [4.69, 9.17) is 27.9 Å². The average Bonchev–Trinajstić information content (AvgIpc) is 3.33. The number of hydrazine groups is 1. The fraction of sp³-hybridized carbons (Fsp3) is 0.200. The molecule has 33 heavy (non-hydrogen) atoms. The molecule has 0 radical (unpaired) electrons. The zero-order valence-electron chi connectivity index (χ0n) is 18.0. The van der Waals surface area contributed by atoms with Crippen molar-refractivity contribution >= 4 is 34.8 Å². The summed E-state index contributed by atoms with van der Waals surface area (Å²) >= 11 is 11.8. The van der Waals surface area contributed by atoms with Gasteiger partial charge in [-0.2, -0.15) is 5.10 Å². The predicted molar refractivity (Wildman–Crippen MR) is 131 cm³/mol. The van der Waals surface area contributed by atoms with Gasteiger partial charge in [-0.1, -0.05) is 59.6 Å². The van der Waals surface area contributed by atoms with Crippen LogP contribution in [-0.2, 0) is 11.4 Å². The van der Waals surface area contributed by atoms with E-state index in [9.17, 15) is 4.79 Å². The maximum Gasteiger partial charge on any atom is 0.258 e. The maximum atomic E-state index is 12.5. The molecule has 3 aromatic carbocycles. The lowest BCUT2D eigenvalue weighted by Gasteiger charge is -2.11. The molecule has 2 unspecified atom stereocenters. The summed E-state index contributed by atoms with van der Waals surface area (Å²) in [5.41, 5.74) is 12.6. The van der Waals surface area contributed by atoms with E-state index >= 15 is 0 Å². The van der Waals surface area contributed by atoms with Crippen molar-refractivity contribution in [3.63, 3.8) is 0 Å². The molecule has 1 fully saturated rings. The zero-order chi connectivity index (χ0) is 23.2. The third-order valence-electron chi connectivity index (χ3n) is 5.42. The molecule has 1 amide bonds. The summed E-state index contributed by atoms with van der Waals surface area (Å²) in [6, 6.07) is 22.4. The van der Waals surface area contributed by atoms with Gasteiger partial charge in [0.05, 0.1) is 5.71 Å². The summed E-state index contributed by atoms with van der Waals surface area (Å²) in [5, 5.41) is 5.57. The van der Waals surface area contributed by atoms with Crippen molar-refractivity contribution in [2.45, 2.75) is 32.0 Å². The van der Waals surface area contributed by atoms with Crippen LogP contribution in [0.15, 0.2) is 77.9 Å². The van der Waals surface area contributed by atoms with Gasteiger partial charge in [0.2, 0.25) is 0 Å². The van der Waals surface area contributed by atoms with Gasteiger partial charge < -0.3 is 4.74 Å². The molecule has 0 aromatic heterocycles. The Morgan fingerprint density at radius 1 is 0.970 bits per heavy atom. The van der Waals surface area contributed by atoms with E-state index in [1.807, 2.05) is 67.6 Å². The minimum Gasteiger partial charge on any atom is -0.489 e. The highest BCUT2D eigenvalue weighted by atomic mass is 35.5. The first kappa shape index (κ1) is 23.3. The monoisotopic (exact) mass is 482 g/mol. The summed E-state index contributed by atoms with van der Waals surface area (Å²) in [7, 11) is 0. The third kappa shape index (κ3) is 6.33. The topological polar surface area (TPSA) is 74.8 Å². The molecule has 6 nitrogen and oxygen atoms in total. The van der Waals surface area contributed by atoms with Crippen LogP contribution in [-0.4, -0.2) is 17.7 Å². The van der Waals surface area contributed by atoms with Crippen LogP contribution < -0.4 is 21.0 Å². The van der Waals surface area contributed by atoms with E-state index < -0.39 is 6.04 Å². The van der Waals surface area contributed by atoms with Crippen molar-refractivity contribution in [3.8, 4) is 5.75 Å². The van der Waals surface area contributed by atoms with Crippen LogP contribution in [0.3, 0.4) is 0 Å². The van der Waals surface area contributed by atoms with E-state index in [0.29, 0.717) is 28.8 Å². The summed E-state index contributed by atoms with van der Waals surface area (Å²) in [4.78, 5) is 12.5. The Balaban J connectivity index is 1.28. The molecule has 1 heterocycles. The predicted octanol–water partition coefficient (Wildman–Crippen LogP) is 5.02. The van der Waals surface area contributed by atoms with Gasteiger partial charge in [0.25, 0.3) is 5.91 Å². The van der Waals surface area contributed by atoms with Gasteiger partial charge in [0.1, 0.15) is 18.4 Å². The van der Waals surface area contributed by atoms with Crippen LogP contribution in [0.25, 0.3) is 0 Å². The Bertz CT molecular complexity index is 1120. The fourth-order valence-electron chi connectivity index (χ4n) is 3.46. The molecule has 3 aromatic rings. The van der Waals surface area contributed by atoms with Crippen molar-refractivity contribution in [2.75, 3.05) is 0 Å². The normalized spacial score (nSPS) is 18.2. The smallest absolute Gasteiger partial charge is 0.258 e. The molecule has 8 heteroatoms. The molecule has 1 saturated heterocycles. The Hall–Kier alpha value is -2.90. The van der Waals surface area contributed by atoms with Gasteiger partial charge in [0.15, 0.2) is 0 Å².